The van der Waals surface area contributed by atoms with Crippen LogP contribution in [-0.2, 0) is 0 Å². The fourth-order valence-corrected chi connectivity index (χ4v) is 1.02. The minimum absolute atomic E-state index is 0.621. The monoisotopic (exact) mass is 166 g/mol. The molecule has 3 heteroatoms. The lowest BCUT2D eigenvalue weighted by molar-refractivity contribution is 0.324. The summed E-state index contributed by atoms with van der Waals surface area (Å²) in [6.45, 7) is 6.40. The van der Waals surface area contributed by atoms with Crippen LogP contribution in [0.5, 0.6) is 5.88 Å². The van der Waals surface area contributed by atoms with E-state index in [1.165, 1.54) is 0 Å². The molecular weight excluding hydrogens is 152 g/mol. The molecule has 0 saturated carbocycles. The average molecular weight is 166 g/mol. The van der Waals surface area contributed by atoms with E-state index < -0.39 is 0 Å². The van der Waals surface area contributed by atoms with E-state index in [9.17, 15) is 0 Å². The second-order valence-electron chi connectivity index (χ2n) is 2.72. The van der Waals surface area contributed by atoms with E-state index in [1.54, 1.807) is 6.20 Å². The molecule has 12 heavy (non-hydrogen) atoms. The molecular formula is C9H14N2O. The maximum atomic E-state index is 5.79. The normalized spacial score (nSPS) is 9.92. The first-order chi connectivity index (χ1) is 5.66. The zero-order valence-corrected chi connectivity index (χ0v) is 7.72. The highest BCUT2D eigenvalue weighted by Crippen LogP contribution is 2.23. The quantitative estimate of drug-likeness (QED) is 0.727. The Morgan fingerprint density at radius 2 is 2.17 bits per heavy atom. The number of rotatable bonds is 2. The minimum atomic E-state index is 0.621. The van der Waals surface area contributed by atoms with Gasteiger partial charge in [0.15, 0.2) is 0 Å². The summed E-state index contributed by atoms with van der Waals surface area (Å²) in [5.41, 5.74) is 8.49. The van der Waals surface area contributed by atoms with Gasteiger partial charge in [-0.3, -0.25) is 0 Å². The first-order valence-electron chi connectivity index (χ1n) is 4.01. The van der Waals surface area contributed by atoms with Crippen molar-refractivity contribution in [3.8, 4) is 5.88 Å². The topological polar surface area (TPSA) is 48.1 Å². The van der Waals surface area contributed by atoms with Crippen molar-refractivity contribution in [1.29, 1.82) is 0 Å². The second-order valence-corrected chi connectivity index (χ2v) is 2.72. The van der Waals surface area contributed by atoms with E-state index in [4.69, 9.17) is 10.5 Å². The predicted octanol–water partition coefficient (Wildman–Crippen LogP) is 1.68. The van der Waals surface area contributed by atoms with Crippen molar-refractivity contribution < 1.29 is 4.74 Å². The van der Waals surface area contributed by atoms with E-state index in [0.717, 1.165) is 16.8 Å². The van der Waals surface area contributed by atoms with E-state index in [-0.39, 0.29) is 0 Å². The number of pyridine rings is 1. The molecule has 0 atom stereocenters. The first kappa shape index (κ1) is 8.84. The Bertz CT molecular complexity index is 284. The molecule has 1 rings (SSSR count). The standard InChI is InChI=1S/C9H14N2O/c1-4-12-9-7(3)8(10)6(2)5-11-9/h5H,4H2,1-3H3,(H2,10,11). The van der Waals surface area contributed by atoms with Gasteiger partial charge in [0.1, 0.15) is 0 Å². The van der Waals surface area contributed by atoms with Gasteiger partial charge in [-0.25, -0.2) is 4.98 Å². The highest BCUT2D eigenvalue weighted by Gasteiger charge is 2.05. The Morgan fingerprint density at radius 3 is 2.75 bits per heavy atom. The maximum Gasteiger partial charge on any atom is 0.218 e. The molecule has 66 valence electrons. The summed E-state index contributed by atoms with van der Waals surface area (Å²) in [6, 6.07) is 0. The molecule has 1 aromatic rings. The SMILES string of the molecule is CCOc1ncc(C)c(N)c1C. The molecule has 0 amide bonds. The Kier molecular flexibility index (Phi) is 2.53. The molecule has 0 saturated heterocycles. The zero-order chi connectivity index (χ0) is 9.14. The van der Waals surface area contributed by atoms with Crippen molar-refractivity contribution >= 4 is 5.69 Å². The van der Waals surface area contributed by atoms with Gasteiger partial charge < -0.3 is 10.5 Å². The van der Waals surface area contributed by atoms with Gasteiger partial charge in [-0.15, -0.1) is 0 Å². The summed E-state index contributed by atoms with van der Waals surface area (Å²) in [5, 5.41) is 0. The van der Waals surface area contributed by atoms with Crippen LogP contribution in [0.1, 0.15) is 18.1 Å². The number of aryl methyl sites for hydroxylation is 1. The number of nitrogens with zero attached hydrogens (tertiary/aromatic N) is 1. The van der Waals surface area contributed by atoms with Crippen molar-refractivity contribution in [2.45, 2.75) is 20.8 Å². The van der Waals surface area contributed by atoms with Crippen LogP contribution in [0.25, 0.3) is 0 Å². The molecule has 2 N–H and O–H groups in total. The third-order valence-corrected chi connectivity index (χ3v) is 1.81. The molecule has 0 aromatic carbocycles. The molecule has 3 nitrogen and oxygen atoms in total. The Morgan fingerprint density at radius 1 is 1.50 bits per heavy atom. The molecule has 0 aliphatic heterocycles. The number of nitrogens with two attached hydrogens (primary N) is 1. The lowest BCUT2D eigenvalue weighted by atomic mass is 10.2. The second kappa shape index (κ2) is 3.43. The number of anilines is 1. The number of aromatic nitrogens is 1. The van der Waals surface area contributed by atoms with Gasteiger partial charge in [-0.05, 0) is 26.3 Å². The molecule has 0 aliphatic rings. The lowest BCUT2D eigenvalue weighted by Gasteiger charge is -2.09. The van der Waals surface area contributed by atoms with Gasteiger partial charge in [-0.1, -0.05) is 0 Å². The van der Waals surface area contributed by atoms with Gasteiger partial charge in [-0.2, -0.15) is 0 Å². The van der Waals surface area contributed by atoms with Crippen LogP contribution in [-0.4, -0.2) is 11.6 Å². The van der Waals surface area contributed by atoms with Crippen molar-refractivity contribution in [2.24, 2.45) is 0 Å². The van der Waals surface area contributed by atoms with Crippen LogP contribution in [0.2, 0.25) is 0 Å². The number of nitrogen functional groups attached to an aromatic ring is 1. The summed E-state index contributed by atoms with van der Waals surface area (Å²) in [5.74, 6) is 0.639. The highest BCUT2D eigenvalue weighted by atomic mass is 16.5. The number of hydrogen-bond donors (Lipinski definition) is 1. The summed E-state index contributed by atoms with van der Waals surface area (Å²) in [6.07, 6.45) is 1.73. The average Bonchev–Trinajstić information content (AvgIpc) is 2.07. The Balaban J connectivity index is 3.08. The molecule has 0 spiro atoms. The van der Waals surface area contributed by atoms with Crippen LogP contribution in [0.4, 0.5) is 5.69 Å². The van der Waals surface area contributed by atoms with Crippen LogP contribution in [0.3, 0.4) is 0 Å². The van der Waals surface area contributed by atoms with Crippen LogP contribution in [0, 0.1) is 13.8 Å². The van der Waals surface area contributed by atoms with Gasteiger partial charge in [0, 0.05) is 17.4 Å². The minimum Gasteiger partial charge on any atom is -0.478 e. The number of hydrogen-bond acceptors (Lipinski definition) is 3. The summed E-state index contributed by atoms with van der Waals surface area (Å²) in [4.78, 5) is 4.13. The van der Waals surface area contributed by atoms with Crippen molar-refractivity contribution in [2.75, 3.05) is 12.3 Å². The van der Waals surface area contributed by atoms with Crippen molar-refractivity contribution in [3.05, 3.63) is 17.3 Å². The number of ether oxygens (including phenoxy) is 1. The highest BCUT2D eigenvalue weighted by molar-refractivity contribution is 5.55. The Labute approximate surface area is 72.6 Å². The molecule has 0 aliphatic carbocycles. The molecule has 1 aromatic heterocycles. The predicted molar refractivity (Wildman–Crippen MR) is 49.3 cm³/mol. The summed E-state index contributed by atoms with van der Waals surface area (Å²) >= 11 is 0. The molecule has 0 fully saturated rings. The third kappa shape index (κ3) is 1.49. The lowest BCUT2D eigenvalue weighted by Crippen LogP contribution is -2.01. The van der Waals surface area contributed by atoms with E-state index in [2.05, 4.69) is 4.98 Å². The third-order valence-electron chi connectivity index (χ3n) is 1.81. The van der Waals surface area contributed by atoms with Gasteiger partial charge in [0.25, 0.3) is 0 Å². The van der Waals surface area contributed by atoms with Crippen LogP contribution in [0.15, 0.2) is 6.20 Å². The van der Waals surface area contributed by atoms with E-state index >= 15 is 0 Å². The van der Waals surface area contributed by atoms with Crippen LogP contribution < -0.4 is 10.5 Å². The fourth-order valence-electron chi connectivity index (χ4n) is 1.02. The molecule has 0 unspecified atom stereocenters. The van der Waals surface area contributed by atoms with Gasteiger partial charge in [0.05, 0.1) is 6.61 Å². The summed E-state index contributed by atoms with van der Waals surface area (Å²) in [7, 11) is 0. The smallest absolute Gasteiger partial charge is 0.218 e. The van der Waals surface area contributed by atoms with Crippen LogP contribution >= 0.6 is 0 Å². The zero-order valence-electron chi connectivity index (χ0n) is 7.72. The summed E-state index contributed by atoms with van der Waals surface area (Å²) < 4.78 is 5.28. The van der Waals surface area contributed by atoms with Crippen molar-refractivity contribution in [3.63, 3.8) is 0 Å². The maximum absolute atomic E-state index is 5.79. The van der Waals surface area contributed by atoms with Gasteiger partial charge >= 0.3 is 0 Å². The molecule has 0 radical (unpaired) electrons. The molecule has 0 bridgehead atoms. The Hall–Kier alpha value is -1.25. The van der Waals surface area contributed by atoms with E-state index in [1.807, 2.05) is 20.8 Å². The van der Waals surface area contributed by atoms with E-state index in [0.29, 0.717) is 12.5 Å². The van der Waals surface area contributed by atoms with Crippen molar-refractivity contribution in [1.82, 2.24) is 4.98 Å². The molecule has 1 heterocycles. The largest absolute Gasteiger partial charge is 0.478 e. The van der Waals surface area contributed by atoms with Gasteiger partial charge in [0.2, 0.25) is 5.88 Å². The first-order valence-corrected chi connectivity index (χ1v) is 4.01. The fraction of sp³-hybridized carbons (Fsp3) is 0.444.